The van der Waals surface area contributed by atoms with Gasteiger partial charge in [-0.3, -0.25) is 5.73 Å². The molecule has 2 rings (SSSR count). The van der Waals surface area contributed by atoms with E-state index in [1.807, 2.05) is 0 Å². The maximum absolute atomic E-state index is 9.21. The lowest BCUT2D eigenvalue weighted by Crippen LogP contribution is -2.90. The van der Waals surface area contributed by atoms with Gasteiger partial charge in [-0.25, -0.2) is 4.99 Å². The SMILES string of the molecule is COC1(OC)[NH+]=C(N)[C@@]2(C#N)C[C@@]12C#N. The number of hydrogen-bond donors (Lipinski definition) is 2. The topological polar surface area (TPSA) is 106 Å². The predicted octanol–water partition coefficient (Wildman–Crippen LogP) is -2.19. The van der Waals surface area contributed by atoms with Crippen molar-refractivity contribution < 1.29 is 14.5 Å². The van der Waals surface area contributed by atoms with Crippen LogP contribution in [0.2, 0.25) is 0 Å². The van der Waals surface area contributed by atoms with Crippen LogP contribution in [0.15, 0.2) is 0 Å². The van der Waals surface area contributed by atoms with Crippen molar-refractivity contribution in [3.8, 4) is 12.1 Å². The van der Waals surface area contributed by atoms with Gasteiger partial charge in [0, 0.05) is 20.6 Å². The highest BCUT2D eigenvalue weighted by atomic mass is 16.7. The molecular formula is C9H11N4O2+. The highest BCUT2D eigenvalue weighted by molar-refractivity contribution is 5.92. The minimum absolute atomic E-state index is 0.246. The van der Waals surface area contributed by atoms with Crippen molar-refractivity contribution in [2.75, 3.05) is 14.2 Å². The van der Waals surface area contributed by atoms with Crippen molar-refractivity contribution in [1.82, 2.24) is 0 Å². The zero-order valence-electron chi connectivity index (χ0n) is 8.50. The van der Waals surface area contributed by atoms with Crippen LogP contribution in [0.25, 0.3) is 0 Å². The first-order valence-electron chi connectivity index (χ1n) is 4.42. The van der Waals surface area contributed by atoms with E-state index < -0.39 is 16.7 Å². The molecule has 6 nitrogen and oxygen atoms in total. The predicted molar refractivity (Wildman–Crippen MR) is 47.6 cm³/mol. The minimum atomic E-state index is -1.30. The summed E-state index contributed by atoms with van der Waals surface area (Å²) < 4.78 is 10.4. The first kappa shape index (κ1) is 9.91. The molecule has 0 saturated heterocycles. The zero-order chi connectivity index (χ0) is 11.3. The molecule has 2 atom stereocenters. The second-order valence-electron chi connectivity index (χ2n) is 3.77. The van der Waals surface area contributed by atoms with Crippen LogP contribution < -0.4 is 10.7 Å². The summed E-state index contributed by atoms with van der Waals surface area (Å²) in [4.78, 5) is 2.75. The maximum atomic E-state index is 9.21. The molecule has 2 aliphatic rings. The van der Waals surface area contributed by atoms with Crippen LogP contribution in [0.1, 0.15) is 6.42 Å². The van der Waals surface area contributed by atoms with E-state index in [0.29, 0.717) is 6.42 Å². The molecule has 0 bridgehead atoms. The Morgan fingerprint density at radius 1 is 1.33 bits per heavy atom. The lowest BCUT2D eigenvalue weighted by molar-refractivity contribution is -0.687. The number of ether oxygens (including phenoxy) is 2. The van der Waals surface area contributed by atoms with Crippen LogP contribution in [0.3, 0.4) is 0 Å². The molecule has 0 aromatic rings. The maximum Gasteiger partial charge on any atom is 0.342 e. The van der Waals surface area contributed by atoms with Gasteiger partial charge >= 0.3 is 5.91 Å². The molecule has 0 radical (unpaired) electrons. The van der Waals surface area contributed by atoms with E-state index in [4.69, 9.17) is 20.5 Å². The Hall–Kier alpha value is -1.63. The van der Waals surface area contributed by atoms with Gasteiger partial charge in [0.1, 0.15) is 0 Å². The summed E-state index contributed by atoms with van der Waals surface area (Å²) in [6.45, 7) is 0. The third kappa shape index (κ3) is 0.707. The highest BCUT2D eigenvalue weighted by Gasteiger charge is 2.90. The van der Waals surface area contributed by atoms with Crippen LogP contribution in [0.5, 0.6) is 0 Å². The normalized spacial score (nSPS) is 39.9. The summed E-state index contributed by atoms with van der Waals surface area (Å²) in [5.74, 6) is -1.06. The van der Waals surface area contributed by atoms with Gasteiger partial charge in [0.25, 0.3) is 5.84 Å². The first-order valence-corrected chi connectivity index (χ1v) is 4.42. The van der Waals surface area contributed by atoms with E-state index in [1.165, 1.54) is 14.2 Å². The molecule has 0 unspecified atom stereocenters. The smallest absolute Gasteiger partial charge is 0.317 e. The Balaban J connectivity index is 2.59. The zero-order valence-corrected chi connectivity index (χ0v) is 8.50. The lowest BCUT2D eigenvalue weighted by Gasteiger charge is -2.25. The van der Waals surface area contributed by atoms with Crippen molar-refractivity contribution in [3.05, 3.63) is 0 Å². The molecule has 15 heavy (non-hydrogen) atoms. The second kappa shape index (κ2) is 2.48. The number of nitrogens with one attached hydrogen (secondary N) is 1. The molecule has 1 saturated carbocycles. The Morgan fingerprint density at radius 2 is 1.93 bits per heavy atom. The number of nitrogens with two attached hydrogens (primary N) is 1. The molecule has 3 N–H and O–H groups in total. The van der Waals surface area contributed by atoms with Gasteiger partial charge in [-0.1, -0.05) is 0 Å². The van der Waals surface area contributed by atoms with E-state index in [1.54, 1.807) is 0 Å². The third-order valence-electron chi connectivity index (χ3n) is 3.41. The van der Waals surface area contributed by atoms with Crippen LogP contribution in [-0.2, 0) is 9.47 Å². The van der Waals surface area contributed by atoms with Gasteiger partial charge in [0.05, 0.1) is 12.1 Å². The molecule has 1 fully saturated rings. The van der Waals surface area contributed by atoms with E-state index in [9.17, 15) is 5.26 Å². The average molecular weight is 207 g/mol. The fourth-order valence-electron chi connectivity index (χ4n) is 2.40. The largest absolute Gasteiger partial charge is 0.342 e. The van der Waals surface area contributed by atoms with Crippen LogP contribution in [0.4, 0.5) is 0 Å². The Kier molecular flexibility index (Phi) is 1.64. The lowest BCUT2D eigenvalue weighted by atomic mass is 9.94. The number of fused-ring (bicyclic) bond motifs is 1. The van der Waals surface area contributed by atoms with Crippen molar-refractivity contribution in [1.29, 1.82) is 10.5 Å². The second-order valence-corrected chi connectivity index (χ2v) is 3.77. The van der Waals surface area contributed by atoms with Gasteiger partial charge < -0.3 is 9.47 Å². The summed E-state index contributed by atoms with van der Waals surface area (Å²) in [5, 5.41) is 18.3. The fourth-order valence-corrected chi connectivity index (χ4v) is 2.40. The molecule has 1 heterocycles. The summed E-state index contributed by atoms with van der Waals surface area (Å²) >= 11 is 0. The first-order chi connectivity index (χ1) is 7.08. The van der Waals surface area contributed by atoms with Gasteiger partial charge in [0.2, 0.25) is 0 Å². The molecule has 6 heteroatoms. The Bertz CT molecular complexity index is 428. The van der Waals surface area contributed by atoms with Crippen molar-refractivity contribution in [2.45, 2.75) is 12.3 Å². The number of hydrogen-bond acceptors (Lipinski definition) is 5. The van der Waals surface area contributed by atoms with Gasteiger partial charge in [-0.2, -0.15) is 10.5 Å². The molecule has 0 amide bonds. The highest BCUT2D eigenvalue weighted by Crippen LogP contribution is 2.69. The van der Waals surface area contributed by atoms with E-state index in [2.05, 4.69) is 17.1 Å². The third-order valence-corrected chi connectivity index (χ3v) is 3.41. The standard InChI is InChI=1S/C9H10N4O2/c1-14-9(15-2)8(5-11)3-7(8,4-10)6(12)13-9/h3H2,1-2H3,(H2,12,13)/p+1/t7-,8-/m0/s1. The molecule has 1 aliphatic heterocycles. The average Bonchev–Trinajstić information content (AvgIpc) is 2.92. The van der Waals surface area contributed by atoms with Gasteiger partial charge in [-0.15, -0.1) is 0 Å². The molecule has 1 aliphatic carbocycles. The Labute approximate surface area is 86.9 Å². The monoisotopic (exact) mass is 207 g/mol. The summed E-state index contributed by atoms with van der Waals surface area (Å²) in [6, 6.07) is 4.17. The number of nitrogens with zero attached hydrogens (tertiary/aromatic N) is 2. The molecule has 0 aromatic carbocycles. The molecule has 78 valence electrons. The van der Waals surface area contributed by atoms with Crippen LogP contribution in [0, 0.1) is 33.5 Å². The fraction of sp³-hybridized carbons (Fsp3) is 0.667. The van der Waals surface area contributed by atoms with Crippen LogP contribution >= 0.6 is 0 Å². The molecule has 0 aromatic heterocycles. The quantitative estimate of drug-likeness (QED) is 0.500. The molecule has 0 spiro atoms. The number of amidine groups is 1. The van der Waals surface area contributed by atoms with Crippen LogP contribution in [-0.4, -0.2) is 26.0 Å². The van der Waals surface area contributed by atoms with E-state index >= 15 is 0 Å². The van der Waals surface area contributed by atoms with Gasteiger partial charge in [0.15, 0.2) is 10.8 Å². The number of methoxy groups -OCH3 is 2. The van der Waals surface area contributed by atoms with Gasteiger partial charge in [-0.05, 0) is 0 Å². The molecular weight excluding hydrogens is 196 g/mol. The summed E-state index contributed by atoms with van der Waals surface area (Å²) in [6.07, 6.45) is 0.341. The summed E-state index contributed by atoms with van der Waals surface area (Å²) in [5.41, 5.74) is 3.71. The van der Waals surface area contributed by atoms with E-state index in [0.717, 1.165) is 0 Å². The Morgan fingerprint density at radius 3 is 2.27 bits per heavy atom. The number of nitriles is 2. The summed E-state index contributed by atoms with van der Waals surface area (Å²) in [7, 11) is 2.82. The van der Waals surface area contributed by atoms with Crippen molar-refractivity contribution in [2.24, 2.45) is 16.6 Å². The van der Waals surface area contributed by atoms with Crippen molar-refractivity contribution in [3.63, 3.8) is 0 Å². The number of rotatable bonds is 2. The van der Waals surface area contributed by atoms with Crippen molar-refractivity contribution >= 4 is 5.84 Å². The minimum Gasteiger partial charge on any atom is -0.317 e. The van der Waals surface area contributed by atoms with E-state index in [-0.39, 0.29) is 5.84 Å².